The fourth-order valence-electron chi connectivity index (χ4n) is 2.93. The number of rotatable bonds is 0. The zero-order chi connectivity index (χ0) is 7.42. The third-order valence-electron chi connectivity index (χ3n) is 3.56. The maximum absolute atomic E-state index is 8.84. The Bertz CT molecular complexity index is 232. The first kappa shape index (κ1) is 6.02. The van der Waals surface area contributed by atoms with Crippen molar-refractivity contribution in [1.29, 1.82) is 5.26 Å². The van der Waals surface area contributed by atoms with Gasteiger partial charge in [0.2, 0.25) is 0 Å². The largest absolute Gasteiger partial charge is 0.369 e. The molecule has 4 rings (SSSR count). The summed E-state index contributed by atoms with van der Waals surface area (Å²) in [5, 5.41) is 8.84. The highest BCUT2D eigenvalue weighted by molar-refractivity contribution is 5.11. The summed E-state index contributed by atoms with van der Waals surface area (Å²) in [6, 6.07) is 2.41. The zero-order valence-corrected chi connectivity index (χ0v) is 6.36. The minimum atomic E-state index is 0.317. The third-order valence-corrected chi connectivity index (χ3v) is 3.56. The summed E-state index contributed by atoms with van der Waals surface area (Å²) >= 11 is 0. The van der Waals surface area contributed by atoms with Crippen molar-refractivity contribution < 1.29 is 4.74 Å². The molecule has 4 fully saturated rings. The van der Waals surface area contributed by atoms with Crippen LogP contribution >= 0.6 is 0 Å². The number of ether oxygens (including phenoxy) is 1. The molecule has 0 N–H and O–H groups in total. The second kappa shape index (κ2) is 1.78. The number of nitriles is 1. The first-order chi connectivity index (χ1) is 5.40. The predicted octanol–water partition coefficient (Wildman–Crippen LogP) is 1.32. The van der Waals surface area contributed by atoms with Crippen LogP contribution in [-0.2, 0) is 4.74 Å². The molecule has 0 amide bonds. The van der Waals surface area contributed by atoms with Crippen LogP contribution in [0.3, 0.4) is 0 Å². The first-order valence-corrected chi connectivity index (χ1v) is 4.45. The number of hydrogen-bond acceptors (Lipinski definition) is 2. The molecule has 5 atom stereocenters. The van der Waals surface area contributed by atoms with Crippen LogP contribution in [0.5, 0.6) is 0 Å². The second-order valence-electron chi connectivity index (χ2n) is 4.04. The van der Waals surface area contributed by atoms with Gasteiger partial charge in [-0.25, -0.2) is 0 Å². The predicted molar refractivity (Wildman–Crippen MR) is 38.6 cm³/mol. The Labute approximate surface area is 66.1 Å². The summed E-state index contributed by atoms with van der Waals surface area (Å²) < 4.78 is 5.55. The van der Waals surface area contributed by atoms with E-state index in [4.69, 9.17) is 10.00 Å². The second-order valence-corrected chi connectivity index (χ2v) is 4.04. The zero-order valence-electron chi connectivity index (χ0n) is 6.36. The summed E-state index contributed by atoms with van der Waals surface area (Å²) in [6.45, 7) is 0. The average Bonchev–Trinajstić information content (AvgIpc) is 2.84. The molecule has 1 saturated heterocycles. The van der Waals surface area contributed by atoms with E-state index in [0.717, 1.165) is 12.3 Å². The SMILES string of the molecule is N#C[C@H]1C[C@H]2CC[C@@H]1[C@@H]1O[C@H]21. The fraction of sp³-hybridized carbons (Fsp3) is 0.889. The number of hydrogen-bond donors (Lipinski definition) is 0. The molecule has 0 unspecified atom stereocenters. The molecule has 0 radical (unpaired) electrons. The van der Waals surface area contributed by atoms with Crippen LogP contribution in [0.1, 0.15) is 19.3 Å². The van der Waals surface area contributed by atoms with Gasteiger partial charge in [-0.15, -0.1) is 0 Å². The van der Waals surface area contributed by atoms with Crippen molar-refractivity contribution in [2.24, 2.45) is 17.8 Å². The van der Waals surface area contributed by atoms with Gasteiger partial charge in [0.05, 0.1) is 24.2 Å². The van der Waals surface area contributed by atoms with Crippen LogP contribution in [0.4, 0.5) is 0 Å². The number of nitrogens with zero attached hydrogens (tertiary/aromatic N) is 1. The lowest BCUT2D eigenvalue weighted by atomic mass is 9.65. The van der Waals surface area contributed by atoms with E-state index in [1.807, 2.05) is 0 Å². The highest BCUT2D eigenvalue weighted by Gasteiger charge is 2.59. The summed E-state index contributed by atoms with van der Waals surface area (Å²) in [5.74, 6) is 1.64. The molecule has 2 heteroatoms. The quantitative estimate of drug-likeness (QED) is 0.487. The fourth-order valence-corrected chi connectivity index (χ4v) is 2.93. The Morgan fingerprint density at radius 1 is 1.27 bits per heavy atom. The lowest BCUT2D eigenvalue weighted by Crippen LogP contribution is -2.37. The van der Waals surface area contributed by atoms with Crippen LogP contribution in [-0.4, -0.2) is 12.2 Å². The van der Waals surface area contributed by atoms with E-state index >= 15 is 0 Å². The van der Waals surface area contributed by atoms with E-state index in [1.54, 1.807) is 0 Å². The van der Waals surface area contributed by atoms with Gasteiger partial charge < -0.3 is 4.74 Å². The highest BCUT2D eigenvalue weighted by Crippen LogP contribution is 2.55. The lowest BCUT2D eigenvalue weighted by molar-refractivity contribution is 0.170. The Hall–Kier alpha value is -0.550. The maximum atomic E-state index is 8.84. The minimum Gasteiger partial charge on any atom is -0.369 e. The van der Waals surface area contributed by atoms with Crippen molar-refractivity contribution in [1.82, 2.24) is 0 Å². The van der Waals surface area contributed by atoms with E-state index in [-0.39, 0.29) is 0 Å². The highest BCUT2D eigenvalue weighted by atomic mass is 16.6. The molecular formula is C9H11NO. The summed E-state index contributed by atoms with van der Waals surface area (Å²) in [5.41, 5.74) is 0. The molecular weight excluding hydrogens is 138 g/mol. The van der Waals surface area contributed by atoms with Gasteiger partial charge in [0, 0.05) is 5.92 Å². The first-order valence-electron chi connectivity index (χ1n) is 4.45. The molecule has 11 heavy (non-hydrogen) atoms. The van der Waals surface area contributed by atoms with Crippen molar-refractivity contribution in [2.75, 3.05) is 0 Å². The van der Waals surface area contributed by atoms with Crippen molar-refractivity contribution >= 4 is 0 Å². The molecule has 3 saturated carbocycles. The summed E-state index contributed by atoms with van der Waals surface area (Å²) in [6.07, 6.45) is 4.72. The van der Waals surface area contributed by atoms with Gasteiger partial charge in [-0.1, -0.05) is 0 Å². The van der Waals surface area contributed by atoms with Crippen LogP contribution in [0.15, 0.2) is 0 Å². The topological polar surface area (TPSA) is 36.3 Å². The Balaban J connectivity index is 1.91. The van der Waals surface area contributed by atoms with E-state index in [9.17, 15) is 0 Å². The van der Waals surface area contributed by atoms with E-state index in [1.165, 1.54) is 12.8 Å². The molecule has 1 heterocycles. The van der Waals surface area contributed by atoms with Crippen LogP contribution < -0.4 is 0 Å². The molecule has 0 aromatic heterocycles. The van der Waals surface area contributed by atoms with E-state index in [2.05, 4.69) is 6.07 Å². The maximum Gasteiger partial charge on any atom is 0.0885 e. The Kier molecular flexibility index (Phi) is 0.976. The van der Waals surface area contributed by atoms with Crippen LogP contribution in [0.25, 0.3) is 0 Å². The van der Waals surface area contributed by atoms with Gasteiger partial charge in [0.1, 0.15) is 0 Å². The number of epoxide rings is 1. The lowest BCUT2D eigenvalue weighted by Gasteiger charge is -2.35. The van der Waals surface area contributed by atoms with Crippen LogP contribution in [0.2, 0.25) is 0 Å². The minimum absolute atomic E-state index is 0.317. The molecule has 58 valence electrons. The smallest absolute Gasteiger partial charge is 0.0885 e. The molecule has 0 aromatic carbocycles. The standard InChI is InChI=1S/C9H11NO/c10-4-6-3-5-1-2-7(6)9-8(5)11-9/h5-9H,1-3H2/t5-,6-,7+,8-,9+/m1/s1. The molecule has 3 aliphatic carbocycles. The van der Waals surface area contributed by atoms with Crippen molar-refractivity contribution in [2.45, 2.75) is 31.5 Å². The molecule has 4 aliphatic rings. The monoisotopic (exact) mass is 149 g/mol. The van der Waals surface area contributed by atoms with Gasteiger partial charge in [-0.05, 0) is 25.2 Å². The Morgan fingerprint density at radius 3 is 2.91 bits per heavy atom. The van der Waals surface area contributed by atoms with E-state index in [0.29, 0.717) is 24.0 Å². The molecule has 2 nitrogen and oxygen atoms in total. The van der Waals surface area contributed by atoms with Crippen molar-refractivity contribution in [3.63, 3.8) is 0 Å². The van der Waals surface area contributed by atoms with Gasteiger partial charge in [-0.3, -0.25) is 0 Å². The van der Waals surface area contributed by atoms with Gasteiger partial charge in [-0.2, -0.15) is 5.26 Å². The van der Waals surface area contributed by atoms with Gasteiger partial charge in [0.15, 0.2) is 0 Å². The average molecular weight is 149 g/mol. The van der Waals surface area contributed by atoms with Gasteiger partial charge >= 0.3 is 0 Å². The van der Waals surface area contributed by atoms with Crippen LogP contribution in [0, 0.1) is 29.1 Å². The summed E-state index contributed by atoms with van der Waals surface area (Å²) in [7, 11) is 0. The third kappa shape index (κ3) is 0.648. The molecule has 2 bridgehead atoms. The number of fused-ring (bicyclic) bond motifs is 2. The summed E-state index contributed by atoms with van der Waals surface area (Å²) in [4.78, 5) is 0. The van der Waals surface area contributed by atoms with Crippen molar-refractivity contribution in [3.05, 3.63) is 0 Å². The normalized spacial score (nSPS) is 58.3. The molecule has 0 aromatic rings. The molecule has 1 aliphatic heterocycles. The van der Waals surface area contributed by atoms with Gasteiger partial charge in [0.25, 0.3) is 0 Å². The van der Waals surface area contributed by atoms with Crippen molar-refractivity contribution in [3.8, 4) is 6.07 Å². The Morgan fingerprint density at radius 2 is 2.18 bits per heavy atom. The molecule has 0 spiro atoms. The van der Waals surface area contributed by atoms with E-state index < -0.39 is 0 Å².